The zero-order valence-electron chi connectivity index (χ0n) is 7.59. The maximum absolute atomic E-state index is 12.5. The van der Waals surface area contributed by atoms with Gasteiger partial charge in [0.2, 0.25) is 0 Å². The minimum Gasteiger partial charge on any atom is -0.385 e. The normalized spacial score (nSPS) is 16.7. The van der Waals surface area contributed by atoms with E-state index in [0.29, 0.717) is 0 Å². The molecule has 0 aliphatic heterocycles. The zero-order valence-corrected chi connectivity index (χ0v) is 7.59. The summed E-state index contributed by atoms with van der Waals surface area (Å²) in [6.07, 6.45) is 4.05. The Balaban J connectivity index is 1.83. The second-order valence-corrected chi connectivity index (χ2v) is 3.68. The standard InChI is InChI=1S/C11H14FN/c12-10-4-6-11(7-5-10)13-8-9-2-1-3-9/h4-7,9,13H,1-3,8H2. The van der Waals surface area contributed by atoms with Gasteiger partial charge in [0, 0.05) is 12.2 Å². The first-order valence-corrected chi connectivity index (χ1v) is 4.84. The molecule has 0 unspecified atom stereocenters. The van der Waals surface area contributed by atoms with Gasteiger partial charge in [-0.05, 0) is 43.0 Å². The lowest BCUT2D eigenvalue weighted by molar-refractivity contribution is 0.333. The van der Waals surface area contributed by atoms with E-state index in [9.17, 15) is 4.39 Å². The first-order chi connectivity index (χ1) is 6.34. The fourth-order valence-electron chi connectivity index (χ4n) is 1.53. The highest BCUT2D eigenvalue weighted by Gasteiger charge is 2.16. The van der Waals surface area contributed by atoms with Crippen molar-refractivity contribution >= 4 is 5.69 Å². The third-order valence-corrected chi connectivity index (χ3v) is 2.66. The zero-order chi connectivity index (χ0) is 9.10. The summed E-state index contributed by atoms with van der Waals surface area (Å²) in [6.45, 7) is 1.03. The van der Waals surface area contributed by atoms with Crippen molar-refractivity contribution in [2.24, 2.45) is 5.92 Å². The quantitative estimate of drug-likeness (QED) is 0.752. The number of nitrogens with one attached hydrogen (secondary N) is 1. The van der Waals surface area contributed by atoms with Crippen molar-refractivity contribution in [3.05, 3.63) is 30.1 Å². The summed E-state index contributed by atoms with van der Waals surface area (Å²) in [5.74, 6) is 0.666. The molecule has 1 saturated carbocycles. The lowest BCUT2D eigenvalue weighted by Crippen LogP contribution is -2.20. The van der Waals surface area contributed by atoms with Gasteiger partial charge >= 0.3 is 0 Å². The molecule has 1 aliphatic carbocycles. The molecule has 13 heavy (non-hydrogen) atoms. The maximum Gasteiger partial charge on any atom is 0.123 e. The van der Waals surface area contributed by atoms with Crippen LogP contribution in [0.1, 0.15) is 19.3 Å². The Morgan fingerprint density at radius 2 is 1.92 bits per heavy atom. The number of hydrogen-bond donors (Lipinski definition) is 1. The van der Waals surface area contributed by atoms with Crippen LogP contribution in [0.25, 0.3) is 0 Å². The third kappa shape index (κ3) is 2.20. The van der Waals surface area contributed by atoms with Crippen LogP contribution in [0, 0.1) is 11.7 Å². The van der Waals surface area contributed by atoms with E-state index in [1.54, 1.807) is 12.1 Å². The Morgan fingerprint density at radius 1 is 1.23 bits per heavy atom. The van der Waals surface area contributed by atoms with E-state index in [1.165, 1.54) is 31.4 Å². The Hall–Kier alpha value is -1.05. The van der Waals surface area contributed by atoms with E-state index >= 15 is 0 Å². The monoisotopic (exact) mass is 179 g/mol. The van der Waals surface area contributed by atoms with Crippen LogP contribution in [0.3, 0.4) is 0 Å². The van der Waals surface area contributed by atoms with Gasteiger partial charge in [0.05, 0.1) is 0 Å². The van der Waals surface area contributed by atoms with Crippen molar-refractivity contribution in [1.82, 2.24) is 0 Å². The van der Waals surface area contributed by atoms with E-state index in [4.69, 9.17) is 0 Å². The molecule has 0 radical (unpaired) electrons. The summed E-state index contributed by atoms with van der Waals surface area (Å²) in [5, 5.41) is 3.31. The molecule has 0 atom stereocenters. The molecule has 1 nitrogen and oxygen atoms in total. The predicted octanol–water partition coefficient (Wildman–Crippen LogP) is 3.04. The van der Waals surface area contributed by atoms with Crippen molar-refractivity contribution in [1.29, 1.82) is 0 Å². The van der Waals surface area contributed by atoms with Gasteiger partial charge in [-0.25, -0.2) is 4.39 Å². The SMILES string of the molecule is Fc1ccc(NCC2CCC2)cc1. The second kappa shape index (κ2) is 3.77. The van der Waals surface area contributed by atoms with Crippen LogP contribution in [-0.2, 0) is 0 Å². The third-order valence-electron chi connectivity index (χ3n) is 2.66. The van der Waals surface area contributed by atoms with Crippen molar-refractivity contribution in [2.45, 2.75) is 19.3 Å². The lowest BCUT2D eigenvalue weighted by Gasteiger charge is -2.25. The number of anilines is 1. The molecule has 0 heterocycles. The van der Waals surface area contributed by atoms with E-state index in [-0.39, 0.29) is 5.82 Å². The van der Waals surface area contributed by atoms with Gasteiger partial charge in [0.1, 0.15) is 5.82 Å². The topological polar surface area (TPSA) is 12.0 Å². The molecule has 1 N–H and O–H groups in total. The fraction of sp³-hybridized carbons (Fsp3) is 0.455. The maximum atomic E-state index is 12.5. The molecule has 2 heteroatoms. The molecule has 1 fully saturated rings. The van der Waals surface area contributed by atoms with Gasteiger partial charge in [0.15, 0.2) is 0 Å². The molecule has 2 rings (SSSR count). The molecular formula is C11H14FN. The minimum atomic E-state index is -0.172. The number of hydrogen-bond acceptors (Lipinski definition) is 1. The van der Waals surface area contributed by atoms with Crippen LogP contribution in [0.15, 0.2) is 24.3 Å². The van der Waals surface area contributed by atoms with Gasteiger partial charge < -0.3 is 5.32 Å². The smallest absolute Gasteiger partial charge is 0.123 e. The predicted molar refractivity (Wildman–Crippen MR) is 52.2 cm³/mol. The number of benzene rings is 1. The van der Waals surface area contributed by atoms with E-state index in [2.05, 4.69) is 5.32 Å². The molecule has 70 valence electrons. The summed E-state index contributed by atoms with van der Waals surface area (Å²) in [5.41, 5.74) is 1.02. The highest BCUT2D eigenvalue weighted by Crippen LogP contribution is 2.26. The van der Waals surface area contributed by atoms with Crippen LogP contribution in [0.5, 0.6) is 0 Å². The molecular weight excluding hydrogens is 165 g/mol. The summed E-state index contributed by atoms with van der Waals surface area (Å²) < 4.78 is 12.5. The molecule has 0 spiro atoms. The summed E-state index contributed by atoms with van der Waals surface area (Å²) in [6, 6.07) is 6.55. The lowest BCUT2D eigenvalue weighted by atomic mass is 9.85. The first kappa shape index (κ1) is 8.54. The Bertz CT molecular complexity index is 264. The minimum absolute atomic E-state index is 0.172. The molecule has 1 aromatic carbocycles. The molecule has 0 aromatic heterocycles. The van der Waals surface area contributed by atoms with Crippen LogP contribution in [0.2, 0.25) is 0 Å². The second-order valence-electron chi connectivity index (χ2n) is 3.68. The fourth-order valence-corrected chi connectivity index (χ4v) is 1.53. The average Bonchev–Trinajstić information content (AvgIpc) is 2.05. The summed E-state index contributed by atoms with van der Waals surface area (Å²) in [7, 11) is 0. The Morgan fingerprint density at radius 3 is 2.46 bits per heavy atom. The van der Waals surface area contributed by atoms with Crippen molar-refractivity contribution in [3.63, 3.8) is 0 Å². The van der Waals surface area contributed by atoms with Gasteiger partial charge in [0.25, 0.3) is 0 Å². The summed E-state index contributed by atoms with van der Waals surface area (Å²) >= 11 is 0. The van der Waals surface area contributed by atoms with Crippen LogP contribution in [-0.4, -0.2) is 6.54 Å². The summed E-state index contributed by atoms with van der Waals surface area (Å²) in [4.78, 5) is 0. The highest BCUT2D eigenvalue weighted by molar-refractivity contribution is 5.42. The Kier molecular flexibility index (Phi) is 2.48. The van der Waals surface area contributed by atoms with Crippen LogP contribution >= 0.6 is 0 Å². The van der Waals surface area contributed by atoms with E-state index in [0.717, 1.165) is 18.2 Å². The molecule has 0 saturated heterocycles. The Labute approximate surface area is 78.0 Å². The molecule has 0 amide bonds. The van der Waals surface area contributed by atoms with E-state index in [1.807, 2.05) is 0 Å². The van der Waals surface area contributed by atoms with Gasteiger partial charge in [-0.2, -0.15) is 0 Å². The van der Waals surface area contributed by atoms with Gasteiger partial charge in [-0.1, -0.05) is 6.42 Å². The van der Waals surface area contributed by atoms with Crippen molar-refractivity contribution in [3.8, 4) is 0 Å². The average molecular weight is 179 g/mol. The number of rotatable bonds is 3. The van der Waals surface area contributed by atoms with Crippen LogP contribution < -0.4 is 5.32 Å². The number of halogens is 1. The van der Waals surface area contributed by atoms with Gasteiger partial charge in [-0.15, -0.1) is 0 Å². The first-order valence-electron chi connectivity index (χ1n) is 4.84. The van der Waals surface area contributed by atoms with Gasteiger partial charge in [-0.3, -0.25) is 0 Å². The molecule has 1 aliphatic rings. The van der Waals surface area contributed by atoms with Crippen molar-refractivity contribution in [2.75, 3.05) is 11.9 Å². The highest BCUT2D eigenvalue weighted by atomic mass is 19.1. The van der Waals surface area contributed by atoms with Crippen molar-refractivity contribution < 1.29 is 4.39 Å². The molecule has 1 aromatic rings. The van der Waals surface area contributed by atoms with E-state index < -0.39 is 0 Å². The molecule has 0 bridgehead atoms. The van der Waals surface area contributed by atoms with Crippen LogP contribution in [0.4, 0.5) is 10.1 Å². The largest absolute Gasteiger partial charge is 0.385 e.